The zero-order valence-electron chi connectivity index (χ0n) is 14.2. The van der Waals surface area contributed by atoms with Gasteiger partial charge in [-0.1, -0.05) is 61.4 Å². The number of carboxylic acid groups (broad SMARTS) is 1. The maximum Gasteiger partial charge on any atom is 0.185 e. The van der Waals surface area contributed by atoms with Crippen LogP contribution in [0, 0.1) is 6.92 Å². The van der Waals surface area contributed by atoms with E-state index in [1.165, 1.54) is 11.8 Å². The maximum absolute atomic E-state index is 11.4. The normalized spacial score (nSPS) is 12.4. The Morgan fingerprint density at radius 1 is 1.20 bits per heavy atom. The molecule has 2 heterocycles. The van der Waals surface area contributed by atoms with Gasteiger partial charge in [-0.2, -0.15) is 9.61 Å². The lowest BCUT2D eigenvalue weighted by Crippen LogP contribution is -2.33. The zero-order valence-corrected chi connectivity index (χ0v) is 15.0. The van der Waals surface area contributed by atoms with Crippen molar-refractivity contribution in [1.82, 2.24) is 19.8 Å². The molecule has 2 aromatic heterocycles. The fourth-order valence-corrected chi connectivity index (χ4v) is 3.43. The van der Waals surface area contributed by atoms with Crippen molar-refractivity contribution in [3.63, 3.8) is 0 Å². The van der Waals surface area contributed by atoms with E-state index in [2.05, 4.69) is 15.3 Å². The summed E-state index contributed by atoms with van der Waals surface area (Å²) in [7, 11) is 0. The van der Waals surface area contributed by atoms with Crippen molar-refractivity contribution in [3.05, 3.63) is 42.0 Å². The number of carboxylic acids is 1. The number of nitrogens with zero attached hydrogens (tertiary/aromatic N) is 4. The van der Waals surface area contributed by atoms with Crippen molar-refractivity contribution in [1.29, 1.82) is 0 Å². The highest BCUT2D eigenvalue weighted by Gasteiger charge is 2.15. The van der Waals surface area contributed by atoms with Crippen LogP contribution in [0.3, 0.4) is 0 Å². The van der Waals surface area contributed by atoms with Gasteiger partial charge < -0.3 is 9.90 Å². The van der Waals surface area contributed by atoms with Crippen LogP contribution < -0.4 is 5.11 Å². The lowest BCUT2D eigenvalue weighted by atomic mass is 10.1. The number of unbranched alkanes of at least 4 members (excludes halogenated alkanes) is 1. The fraction of sp³-hybridized carbons (Fsp3) is 0.333. The minimum absolute atomic E-state index is 0.566. The second kappa shape index (κ2) is 7.65. The number of carbonyl (C=O) groups excluding carboxylic acids is 1. The number of hydrogen-bond acceptors (Lipinski definition) is 6. The Morgan fingerprint density at radius 3 is 2.64 bits per heavy atom. The molecule has 1 atom stereocenters. The van der Waals surface area contributed by atoms with Gasteiger partial charge in [-0.25, -0.2) is 0 Å². The Hall–Kier alpha value is -2.41. The Kier molecular flexibility index (Phi) is 5.33. The summed E-state index contributed by atoms with van der Waals surface area (Å²) in [5.41, 5.74) is 2.70. The summed E-state index contributed by atoms with van der Waals surface area (Å²) in [6.45, 7) is 4.06. The van der Waals surface area contributed by atoms with E-state index in [1.807, 2.05) is 38.1 Å². The maximum atomic E-state index is 11.4. The minimum atomic E-state index is -1.05. The Morgan fingerprint density at radius 2 is 1.96 bits per heavy atom. The molecule has 0 bridgehead atoms. The second-order valence-electron chi connectivity index (χ2n) is 5.90. The highest BCUT2D eigenvalue weighted by molar-refractivity contribution is 8.00. The predicted molar refractivity (Wildman–Crippen MR) is 95.1 cm³/mol. The van der Waals surface area contributed by atoms with Gasteiger partial charge in [-0.05, 0) is 25.5 Å². The van der Waals surface area contributed by atoms with Crippen molar-refractivity contribution >= 4 is 23.4 Å². The number of fused-ring (bicyclic) bond motifs is 1. The summed E-state index contributed by atoms with van der Waals surface area (Å²) >= 11 is 1.21. The summed E-state index contributed by atoms with van der Waals surface area (Å²) in [6.07, 6.45) is 2.35. The van der Waals surface area contributed by atoms with E-state index < -0.39 is 11.2 Å². The van der Waals surface area contributed by atoms with Crippen LogP contribution in [0.5, 0.6) is 0 Å². The molecule has 0 spiro atoms. The van der Waals surface area contributed by atoms with Crippen molar-refractivity contribution < 1.29 is 9.90 Å². The first kappa shape index (κ1) is 17.4. The van der Waals surface area contributed by atoms with Gasteiger partial charge >= 0.3 is 0 Å². The van der Waals surface area contributed by atoms with Crippen LogP contribution in [-0.2, 0) is 4.79 Å². The molecule has 3 rings (SSSR count). The Balaban J connectivity index is 1.92. The number of aryl methyl sites for hydroxylation is 1. The lowest BCUT2D eigenvalue weighted by molar-refractivity contribution is -0.304. The van der Waals surface area contributed by atoms with Crippen LogP contribution in [-0.4, -0.2) is 31.0 Å². The van der Waals surface area contributed by atoms with Gasteiger partial charge in [0.15, 0.2) is 11.5 Å². The van der Waals surface area contributed by atoms with Gasteiger partial charge in [0, 0.05) is 5.56 Å². The van der Waals surface area contributed by atoms with Gasteiger partial charge in [0.25, 0.3) is 0 Å². The Bertz CT molecular complexity index is 876. The monoisotopic (exact) mass is 355 g/mol. The van der Waals surface area contributed by atoms with Gasteiger partial charge in [0.2, 0.25) is 0 Å². The summed E-state index contributed by atoms with van der Waals surface area (Å²) in [5.74, 6) is -0.418. The third kappa shape index (κ3) is 3.99. The third-order valence-electron chi connectivity index (χ3n) is 3.89. The van der Waals surface area contributed by atoms with Crippen LogP contribution in [0.4, 0.5) is 0 Å². The zero-order chi connectivity index (χ0) is 17.8. The SMILES string of the molecule is CCCC[C@@H](Sc1ccc2nnc(-c3ccc(C)cc3)n2n1)C(=O)[O-]. The minimum Gasteiger partial charge on any atom is -0.549 e. The number of aliphatic carboxylic acids is 1. The molecule has 0 aliphatic rings. The van der Waals surface area contributed by atoms with Gasteiger partial charge in [-0.15, -0.1) is 10.2 Å². The Labute approximate surface area is 150 Å². The van der Waals surface area contributed by atoms with Crippen molar-refractivity contribution in [2.75, 3.05) is 0 Å². The molecule has 130 valence electrons. The topological polar surface area (TPSA) is 83.2 Å². The predicted octanol–water partition coefficient (Wildman–Crippen LogP) is 2.50. The molecule has 3 aromatic rings. The molecular formula is C18H19N4O2S-. The molecule has 25 heavy (non-hydrogen) atoms. The van der Waals surface area contributed by atoms with Crippen LogP contribution in [0.15, 0.2) is 41.4 Å². The first-order chi connectivity index (χ1) is 12.1. The molecule has 6 nitrogen and oxygen atoms in total. The van der Waals surface area contributed by atoms with Gasteiger partial charge in [-0.3, -0.25) is 0 Å². The number of benzene rings is 1. The van der Waals surface area contributed by atoms with E-state index in [-0.39, 0.29) is 0 Å². The first-order valence-electron chi connectivity index (χ1n) is 8.25. The first-order valence-corrected chi connectivity index (χ1v) is 9.13. The molecule has 0 fully saturated rings. The van der Waals surface area contributed by atoms with E-state index in [1.54, 1.807) is 16.6 Å². The number of hydrogen-bond donors (Lipinski definition) is 0. The van der Waals surface area contributed by atoms with Crippen LogP contribution in [0.2, 0.25) is 0 Å². The third-order valence-corrected chi connectivity index (χ3v) is 5.07. The molecule has 0 saturated heterocycles. The summed E-state index contributed by atoms with van der Waals surface area (Å²) in [6, 6.07) is 11.5. The van der Waals surface area contributed by atoms with Gasteiger partial charge in [0.1, 0.15) is 5.03 Å². The highest BCUT2D eigenvalue weighted by atomic mass is 32.2. The number of thioether (sulfide) groups is 1. The van der Waals surface area contributed by atoms with Crippen LogP contribution in [0.1, 0.15) is 31.7 Å². The molecule has 0 unspecified atom stereocenters. The number of carbonyl (C=O) groups is 1. The van der Waals surface area contributed by atoms with Crippen molar-refractivity contribution in [3.8, 4) is 11.4 Å². The number of rotatable bonds is 7. The summed E-state index contributed by atoms with van der Waals surface area (Å²) < 4.78 is 1.65. The fourth-order valence-electron chi connectivity index (χ4n) is 2.48. The quantitative estimate of drug-likeness (QED) is 0.606. The molecule has 0 aliphatic carbocycles. The summed E-state index contributed by atoms with van der Waals surface area (Å²) in [5, 5.41) is 24.2. The van der Waals surface area contributed by atoms with E-state index >= 15 is 0 Å². The van der Waals surface area contributed by atoms with E-state index in [0.717, 1.165) is 24.0 Å². The molecule has 0 N–H and O–H groups in total. The molecule has 0 aliphatic heterocycles. The average molecular weight is 355 g/mol. The number of aromatic nitrogens is 4. The standard InChI is InChI=1S/C18H20N4O2S/c1-3-4-5-14(18(23)24)25-16-11-10-15-19-20-17(22(15)21-16)13-8-6-12(2)7-9-13/h6-11,14H,3-5H2,1-2H3,(H,23,24)/p-1/t14-/m1/s1. The van der Waals surface area contributed by atoms with E-state index in [9.17, 15) is 9.90 Å². The van der Waals surface area contributed by atoms with Gasteiger partial charge in [0.05, 0.1) is 11.2 Å². The van der Waals surface area contributed by atoms with Crippen LogP contribution in [0.25, 0.3) is 17.0 Å². The van der Waals surface area contributed by atoms with Crippen LogP contribution >= 0.6 is 11.8 Å². The van der Waals surface area contributed by atoms with E-state index in [0.29, 0.717) is 22.9 Å². The van der Waals surface area contributed by atoms with E-state index in [4.69, 9.17) is 0 Å². The molecule has 0 saturated carbocycles. The molecule has 0 amide bonds. The largest absolute Gasteiger partial charge is 0.549 e. The molecular weight excluding hydrogens is 336 g/mol. The summed E-state index contributed by atoms with van der Waals surface area (Å²) in [4.78, 5) is 11.4. The van der Waals surface area contributed by atoms with Crippen molar-refractivity contribution in [2.24, 2.45) is 0 Å². The molecule has 1 aromatic carbocycles. The molecule has 7 heteroatoms. The molecule has 0 radical (unpaired) electrons. The second-order valence-corrected chi connectivity index (χ2v) is 7.12. The average Bonchev–Trinajstić information content (AvgIpc) is 3.02. The smallest absolute Gasteiger partial charge is 0.185 e. The lowest BCUT2D eigenvalue weighted by Gasteiger charge is -2.16. The highest BCUT2D eigenvalue weighted by Crippen LogP contribution is 2.26. The van der Waals surface area contributed by atoms with Crippen molar-refractivity contribution in [2.45, 2.75) is 43.4 Å².